The van der Waals surface area contributed by atoms with Crippen molar-refractivity contribution in [1.82, 2.24) is 5.32 Å². The second kappa shape index (κ2) is 12.5. The van der Waals surface area contributed by atoms with E-state index in [0.717, 1.165) is 44.2 Å². The molecule has 45 heavy (non-hydrogen) atoms. The Kier molecular flexibility index (Phi) is 9.16. The van der Waals surface area contributed by atoms with Gasteiger partial charge in [0.25, 0.3) is 5.91 Å². The lowest BCUT2D eigenvalue weighted by Gasteiger charge is -2.59. The highest BCUT2D eigenvalue weighted by atomic mass is 16.8. The van der Waals surface area contributed by atoms with E-state index in [1.54, 1.807) is 0 Å². The number of hydrogen-bond acceptors (Lipinski definition) is 10. The number of aliphatic hydroxyl groups is 1. The van der Waals surface area contributed by atoms with Crippen molar-refractivity contribution in [2.75, 3.05) is 13.7 Å². The summed E-state index contributed by atoms with van der Waals surface area (Å²) < 4.78 is 4.81. The third kappa shape index (κ3) is 5.89. The smallest absolute Gasteiger partial charge is 0.328 e. The first-order valence-electron chi connectivity index (χ1n) is 15.8. The molecule has 0 heterocycles. The van der Waals surface area contributed by atoms with Crippen molar-refractivity contribution >= 4 is 29.1 Å². The van der Waals surface area contributed by atoms with Gasteiger partial charge >= 0.3 is 5.97 Å². The average Bonchev–Trinajstić information content (AvgIpc) is 3.28. The number of ketones is 1. The molecule has 5 rings (SSSR count). The summed E-state index contributed by atoms with van der Waals surface area (Å²) in [5.41, 5.74) is 0.627. The fraction of sp³-hybridized carbons (Fsp3) is 0.636. The van der Waals surface area contributed by atoms with E-state index >= 15 is 0 Å². The number of hydrogen-bond donors (Lipinski definition) is 5. The maximum atomic E-state index is 12.7. The summed E-state index contributed by atoms with van der Waals surface area (Å²) in [4.78, 5) is 42.9. The molecule has 0 spiro atoms. The summed E-state index contributed by atoms with van der Waals surface area (Å²) in [7, 11) is 1.19. The Bertz CT molecular complexity index is 1410. The van der Waals surface area contributed by atoms with Gasteiger partial charge in [-0.15, -0.1) is 0 Å². The lowest BCUT2D eigenvalue weighted by atomic mass is 9.46. The number of benzene rings is 1. The highest BCUT2D eigenvalue weighted by Crippen LogP contribution is 2.67. The van der Waals surface area contributed by atoms with Gasteiger partial charge in [-0.05, 0) is 99.2 Å². The zero-order valence-electron chi connectivity index (χ0n) is 26.4. The number of quaternary nitrogens is 1. The molecule has 0 aliphatic heterocycles. The number of allylic oxidation sites excluding steroid dienone is 2. The lowest BCUT2D eigenvalue weighted by molar-refractivity contribution is -0.991. The topological polar surface area (TPSA) is 182 Å². The molecule has 0 bridgehead atoms. The van der Waals surface area contributed by atoms with Gasteiger partial charge in [-0.1, -0.05) is 30.6 Å². The zero-order chi connectivity index (χ0) is 32.7. The maximum absolute atomic E-state index is 12.7. The maximum Gasteiger partial charge on any atom is 0.328 e. The number of nitrogens with zero attached hydrogens (tertiary/aromatic N) is 1. The third-order valence-corrected chi connectivity index (χ3v) is 11.6. The first-order chi connectivity index (χ1) is 21.2. The zero-order valence-corrected chi connectivity index (χ0v) is 26.4. The largest absolute Gasteiger partial charge is 0.595 e. The summed E-state index contributed by atoms with van der Waals surface area (Å²) in [6.07, 6.45) is 8.86. The Morgan fingerprint density at radius 3 is 2.56 bits per heavy atom. The first-order valence-corrected chi connectivity index (χ1v) is 15.8. The van der Waals surface area contributed by atoms with Crippen molar-refractivity contribution < 1.29 is 44.6 Å². The van der Waals surface area contributed by atoms with E-state index in [-0.39, 0.29) is 28.7 Å². The van der Waals surface area contributed by atoms with Crippen molar-refractivity contribution in [3.63, 3.8) is 0 Å². The second-order valence-electron chi connectivity index (χ2n) is 13.8. The molecule has 12 heteroatoms. The van der Waals surface area contributed by atoms with Crippen LogP contribution in [0.5, 0.6) is 5.75 Å². The number of carbonyl (C=O) groups excluding carboxylic acids is 3. The standard InChI is InChI=1S/C33H45N3O9/c1-19(37)33(41)14-11-25-23-7-6-21-17-22(9-12-31(21,2)24(23)10-13-32(25,33)3)35-45-18-29(39)34-26(30(40)44-4)15-20-5-8-28(38)27(16-20)36(42)43/h5,8,16-17,23-26,36,38,41-42H,6-7,9-15,18H2,1-4H3,(H,34,39)/t23-,24-,25+,26-,31-,32-,33+/m0/s1. The van der Waals surface area contributed by atoms with Gasteiger partial charge in [0.15, 0.2) is 18.1 Å². The Labute approximate surface area is 263 Å². The van der Waals surface area contributed by atoms with E-state index in [1.807, 2.05) is 0 Å². The molecular formula is C33H45N3O9. The summed E-state index contributed by atoms with van der Waals surface area (Å²) in [5.74, 6) is -0.519. The molecule has 8 atom stereocenters. The van der Waals surface area contributed by atoms with Crippen molar-refractivity contribution in [2.45, 2.75) is 90.2 Å². The molecule has 0 radical (unpaired) electrons. The van der Waals surface area contributed by atoms with Gasteiger partial charge in [-0.2, -0.15) is 5.23 Å². The van der Waals surface area contributed by atoms with Gasteiger partial charge in [0.1, 0.15) is 11.6 Å². The molecule has 1 unspecified atom stereocenters. The number of oxime groups is 1. The van der Waals surface area contributed by atoms with Crippen LogP contribution in [0.2, 0.25) is 0 Å². The molecule has 1 aromatic carbocycles. The molecule has 1 amide bonds. The van der Waals surface area contributed by atoms with Gasteiger partial charge in [0.05, 0.1) is 12.8 Å². The number of esters is 1. The summed E-state index contributed by atoms with van der Waals surface area (Å²) in [5, 5.41) is 47.3. The summed E-state index contributed by atoms with van der Waals surface area (Å²) >= 11 is 0. The van der Waals surface area contributed by atoms with Gasteiger partial charge in [-0.25, -0.2) is 10.0 Å². The highest BCUT2D eigenvalue weighted by Gasteiger charge is 2.65. The number of phenolic OH excluding ortho intramolecular Hbond substituents is 1. The van der Waals surface area contributed by atoms with Crippen LogP contribution in [-0.4, -0.2) is 64.2 Å². The van der Waals surface area contributed by atoms with Crippen molar-refractivity contribution in [3.8, 4) is 5.75 Å². The van der Waals surface area contributed by atoms with Crippen LogP contribution >= 0.6 is 0 Å². The molecule has 3 fully saturated rings. The van der Waals surface area contributed by atoms with Crippen molar-refractivity contribution in [2.24, 2.45) is 33.7 Å². The average molecular weight is 628 g/mol. The number of rotatable bonds is 9. The number of nitrogens with one attached hydrogen (secondary N) is 2. The molecule has 4 aliphatic carbocycles. The molecule has 3 saturated carbocycles. The van der Waals surface area contributed by atoms with E-state index in [1.165, 1.54) is 37.8 Å². The van der Waals surface area contributed by atoms with Gasteiger partial charge < -0.3 is 30.3 Å². The monoisotopic (exact) mass is 627 g/mol. The fourth-order valence-electron chi connectivity index (χ4n) is 9.10. The van der Waals surface area contributed by atoms with E-state index in [4.69, 9.17) is 9.57 Å². The third-order valence-electron chi connectivity index (χ3n) is 11.6. The molecule has 0 saturated heterocycles. The van der Waals surface area contributed by atoms with Crippen LogP contribution in [0, 0.1) is 33.8 Å². The van der Waals surface area contributed by atoms with E-state index < -0.39 is 41.1 Å². The molecule has 5 N–H and O–H groups in total. The number of methoxy groups -OCH3 is 1. The Morgan fingerprint density at radius 2 is 1.87 bits per heavy atom. The number of Topliss-reactive ketones (excluding diaryl/α,β-unsaturated/α-hetero) is 1. The Hall–Kier alpha value is -3.32. The highest BCUT2D eigenvalue weighted by molar-refractivity contribution is 5.96. The van der Waals surface area contributed by atoms with Gasteiger partial charge in [0, 0.05) is 17.9 Å². The van der Waals surface area contributed by atoms with Crippen LogP contribution < -0.4 is 10.5 Å². The van der Waals surface area contributed by atoms with Crippen LogP contribution in [0.25, 0.3) is 0 Å². The van der Waals surface area contributed by atoms with E-state index in [2.05, 4.69) is 30.4 Å². The van der Waals surface area contributed by atoms with Crippen molar-refractivity contribution in [3.05, 3.63) is 40.6 Å². The minimum Gasteiger partial charge on any atom is -0.595 e. The number of aromatic hydroxyl groups is 1. The number of amides is 1. The Morgan fingerprint density at radius 1 is 1.13 bits per heavy atom. The summed E-state index contributed by atoms with van der Waals surface area (Å²) in [6, 6.07) is 2.83. The molecule has 0 aromatic heterocycles. The minimum absolute atomic E-state index is 0.0139. The number of fused-ring (bicyclic) bond motifs is 5. The summed E-state index contributed by atoms with van der Waals surface area (Å²) in [6.45, 7) is 5.59. The van der Waals surface area contributed by atoms with Crippen LogP contribution in [0.4, 0.5) is 5.69 Å². The predicted octanol–water partition coefficient (Wildman–Crippen LogP) is 2.65. The van der Waals surface area contributed by atoms with Gasteiger partial charge in [-0.3, -0.25) is 9.59 Å². The minimum atomic E-state index is -1.32. The van der Waals surface area contributed by atoms with Crippen LogP contribution in [0.15, 0.2) is 35.0 Å². The SMILES string of the molecule is COC(=O)[C@H](Cc1ccc(O)c([NH+]([O-])O)c1)NC(=O)CON=C1C=C2CC[C@@H]3[C@H]4CC[C@@](O)(C(C)=O)[C@@]4(C)CC[C@@H]3[C@@]2(C)CC1. The second-order valence-corrected chi connectivity index (χ2v) is 13.8. The van der Waals surface area contributed by atoms with Crippen LogP contribution in [0.3, 0.4) is 0 Å². The van der Waals surface area contributed by atoms with E-state index in [0.29, 0.717) is 36.2 Å². The molecule has 12 nitrogen and oxygen atoms in total. The Balaban J connectivity index is 1.20. The lowest BCUT2D eigenvalue weighted by Crippen LogP contribution is -2.99. The normalized spacial score (nSPS) is 34.4. The number of phenols is 1. The molecule has 246 valence electrons. The molecular weight excluding hydrogens is 582 g/mol. The predicted molar refractivity (Wildman–Crippen MR) is 162 cm³/mol. The van der Waals surface area contributed by atoms with E-state index in [9.17, 15) is 35.0 Å². The molecule has 1 aromatic rings. The number of ether oxygens (including phenoxy) is 1. The van der Waals surface area contributed by atoms with Crippen LogP contribution in [-0.2, 0) is 30.4 Å². The molecule has 4 aliphatic rings. The number of carbonyl (C=O) groups is 3. The quantitative estimate of drug-likeness (QED) is 0.156. The van der Waals surface area contributed by atoms with Crippen LogP contribution in [0.1, 0.15) is 77.7 Å². The van der Waals surface area contributed by atoms with Gasteiger partial charge in [0.2, 0.25) is 5.69 Å². The first kappa shape index (κ1) is 33.1. The van der Waals surface area contributed by atoms with Crippen molar-refractivity contribution in [1.29, 1.82) is 0 Å². The fourth-order valence-corrected chi connectivity index (χ4v) is 9.10.